The average molecular weight is 244 g/mol. The maximum Gasteiger partial charge on any atom is 0.359 e. The largest absolute Gasteiger partial charge is 0.464 e. The fourth-order valence-electron chi connectivity index (χ4n) is 2.43. The summed E-state index contributed by atoms with van der Waals surface area (Å²) < 4.78 is 6.74. The molecular weight excluding hydrogens is 228 g/mol. The number of fused-ring (bicyclic) bond motifs is 1. The number of esters is 1. The number of methoxy groups -OCH3 is 1. The summed E-state index contributed by atoms with van der Waals surface area (Å²) in [4.78, 5) is 11.7. The summed E-state index contributed by atoms with van der Waals surface area (Å²) in [5.74, 6) is 0.345. The Kier molecular flexibility index (Phi) is 2.78. The van der Waals surface area contributed by atoms with Crippen molar-refractivity contribution < 1.29 is 9.53 Å². The summed E-state index contributed by atoms with van der Waals surface area (Å²) in [5.41, 5.74) is 1.44. The van der Waals surface area contributed by atoms with E-state index in [-0.39, 0.29) is 5.97 Å². The highest BCUT2D eigenvalue weighted by Gasteiger charge is 2.22. The lowest BCUT2D eigenvalue weighted by Gasteiger charge is -2.25. The number of para-hydroxylation sites is 1. The van der Waals surface area contributed by atoms with E-state index in [2.05, 4.69) is 5.10 Å². The van der Waals surface area contributed by atoms with E-state index in [4.69, 9.17) is 4.74 Å². The maximum absolute atomic E-state index is 11.7. The summed E-state index contributed by atoms with van der Waals surface area (Å²) in [5, 5.41) is 5.30. The minimum atomic E-state index is -0.362. The van der Waals surface area contributed by atoms with Crippen LogP contribution >= 0.6 is 0 Å². The molecule has 3 rings (SSSR count). The summed E-state index contributed by atoms with van der Waals surface area (Å²) >= 11 is 0. The minimum Gasteiger partial charge on any atom is -0.464 e. The Balaban J connectivity index is 2.04. The lowest BCUT2D eigenvalue weighted by Crippen LogP contribution is -2.19. The van der Waals surface area contributed by atoms with Gasteiger partial charge in [0.05, 0.1) is 12.6 Å². The first kappa shape index (κ1) is 11.3. The Hall–Kier alpha value is -1.84. The molecule has 4 nitrogen and oxygen atoms in total. The first-order chi connectivity index (χ1) is 8.79. The van der Waals surface area contributed by atoms with Crippen LogP contribution in [0.5, 0.6) is 0 Å². The molecule has 0 aliphatic heterocycles. The summed E-state index contributed by atoms with van der Waals surface area (Å²) in [6.45, 7) is 0.900. The van der Waals surface area contributed by atoms with Crippen molar-refractivity contribution in [2.75, 3.05) is 7.11 Å². The molecule has 1 aliphatic carbocycles. The fourth-order valence-corrected chi connectivity index (χ4v) is 2.43. The molecular formula is C14H16N2O2. The molecule has 1 aliphatic rings. The second-order valence-corrected chi connectivity index (χ2v) is 4.84. The quantitative estimate of drug-likeness (QED) is 0.779. The Bertz CT molecular complexity index is 584. The molecule has 0 radical (unpaired) electrons. The number of carbonyl (C=O) groups excluding carboxylic acids is 1. The highest BCUT2D eigenvalue weighted by molar-refractivity contribution is 6.02. The summed E-state index contributed by atoms with van der Waals surface area (Å²) in [6, 6.07) is 7.83. The van der Waals surface area contributed by atoms with E-state index in [1.807, 2.05) is 28.9 Å². The molecule has 0 amide bonds. The molecule has 0 unspecified atom stereocenters. The zero-order valence-electron chi connectivity index (χ0n) is 10.4. The second-order valence-electron chi connectivity index (χ2n) is 4.84. The monoisotopic (exact) mass is 244 g/mol. The van der Waals surface area contributed by atoms with Gasteiger partial charge in [0.25, 0.3) is 0 Å². The first-order valence-electron chi connectivity index (χ1n) is 6.33. The normalized spacial score (nSPS) is 15.6. The average Bonchev–Trinajstić information content (AvgIpc) is 2.72. The molecule has 1 aromatic carbocycles. The zero-order chi connectivity index (χ0) is 12.5. The molecule has 4 heteroatoms. The highest BCUT2D eigenvalue weighted by atomic mass is 16.5. The number of aromatic nitrogens is 2. The van der Waals surface area contributed by atoms with Crippen molar-refractivity contribution >= 4 is 16.9 Å². The van der Waals surface area contributed by atoms with Gasteiger partial charge in [0, 0.05) is 11.9 Å². The van der Waals surface area contributed by atoms with E-state index >= 15 is 0 Å². The van der Waals surface area contributed by atoms with E-state index in [1.165, 1.54) is 26.4 Å². The predicted molar refractivity (Wildman–Crippen MR) is 68.4 cm³/mol. The van der Waals surface area contributed by atoms with Gasteiger partial charge in [0.15, 0.2) is 5.69 Å². The Labute approximate surface area is 106 Å². The van der Waals surface area contributed by atoms with Crippen molar-refractivity contribution in [2.24, 2.45) is 5.92 Å². The van der Waals surface area contributed by atoms with Crippen molar-refractivity contribution in [3.05, 3.63) is 30.0 Å². The third-order valence-electron chi connectivity index (χ3n) is 3.69. The Morgan fingerprint density at radius 2 is 2.22 bits per heavy atom. The van der Waals surface area contributed by atoms with Crippen LogP contribution in [0.1, 0.15) is 29.8 Å². The summed E-state index contributed by atoms with van der Waals surface area (Å²) in [7, 11) is 1.39. The van der Waals surface area contributed by atoms with Crippen LogP contribution in [0.4, 0.5) is 0 Å². The van der Waals surface area contributed by atoms with Gasteiger partial charge in [0.2, 0.25) is 0 Å². The van der Waals surface area contributed by atoms with Crippen LogP contribution in [-0.2, 0) is 11.3 Å². The number of nitrogens with zero attached hydrogens (tertiary/aromatic N) is 2. The Morgan fingerprint density at radius 3 is 2.89 bits per heavy atom. The van der Waals surface area contributed by atoms with Gasteiger partial charge < -0.3 is 4.74 Å². The lowest BCUT2D eigenvalue weighted by atomic mass is 9.85. The smallest absolute Gasteiger partial charge is 0.359 e. The Morgan fingerprint density at radius 1 is 1.44 bits per heavy atom. The van der Waals surface area contributed by atoms with Crippen LogP contribution in [0.2, 0.25) is 0 Å². The van der Waals surface area contributed by atoms with Gasteiger partial charge in [0.1, 0.15) is 0 Å². The van der Waals surface area contributed by atoms with Crippen LogP contribution < -0.4 is 0 Å². The van der Waals surface area contributed by atoms with Gasteiger partial charge in [-0.05, 0) is 24.8 Å². The fraction of sp³-hybridized carbons (Fsp3) is 0.429. The molecule has 1 aromatic heterocycles. The van der Waals surface area contributed by atoms with E-state index in [0.29, 0.717) is 11.6 Å². The molecule has 2 aromatic rings. The number of carbonyl (C=O) groups is 1. The topological polar surface area (TPSA) is 44.1 Å². The molecule has 1 fully saturated rings. The van der Waals surface area contributed by atoms with E-state index in [0.717, 1.165) is 17.4 Å². The molecule has 18 heavy (non-hydrogen) atoms. The first-order valence-corrected chi connectivity index (χ1v) is 6.33. The second kappa shape index (κ2) is 4.44. The molecule has 0 saturated heterocycles. The van der Waals surface area contributed by atoms with Crippen LogP contribution in [0.15, 0.2) is 24.3 Å². The summed E-state index contributed by atoms with van der Waals surface area (Å²) in [6.07, 6.45) is 3.84. The molecule has 0 atom stereocenters. The maximum atomic E-state index is 11.7. The number of benzene rings is 1. The van der Waals surface area contributed by atoms with E-state index in [1.54, 1.807) is 0 Å². The minimum absolute atomic E-state index is 0.362. The molecule has 0 N–H and O–H groups in total. The van der Waals surface area contributed by atoms with Gasteiger partial charge in [-0.25, -0.2) is 4.79 Å². The molecule has 0 spiro atoms. The van der Waals surface area contributed by atoms with Crippen LogP contribution in [0.3, 0.4) is 0 Å². The third kappa shape index (κ3) is 1.78. The van der Waals surface area contributed by atoms with Crippen LogP contribution in [0, 0.1) is 5.92 Å². The third-order valence-corrected chi connectivity index (χ3v) is 3.69. The predicted octanol–water partition coefficient (Wildman–Crippen LogP) is 2.62. The molecule has 1 saturated carbocycles. The standard InChI is InChI=1S/C14H16N2O2/c1-18-14(17)13-11-7-2-3-8-12(11)16(15-13)9-10-5-4-6-10/h2-3,7-8,10H,4-6,9H2,1H3. The number of hydrogen-bond acceptors (Lipinski definition) is 3. The van der Waals surface area contributed by atoms with Crippen molar-refractivity contribution in [2.45, 2.75) is 25.8 Å². The molecule has 0 bridgehead atoms. The van der Waals surface area contributed by atoms with Gasteiger partial charge in [-0.3, -0.25) is 4.68 Å². The molecule has 94 valence electrons. The van der Waals surface area contributed by atoms with Crippen molar-refractivity contribution in [1.82, 2.24) is 9.78 Å². The SMILES string of the molecule is COC(=O)c1nn(CC2CCC2)c2ccccc12. The van der Waals surface area contributed by atoms with Gasteiger partial charge in [-0.2, -0.15) is 5.10 Å². The lowest BCUT2D eigenvalue weighted by molar-refractivity contribution is 0.0594. The zero-order valence-corrected chi connectivity index (χ0v) is 10.4. The highest BCUT2D eigenvalue weighted by Crippen LogP contribution is 2.29. The van der Waals surface area contributed by atoms with Gasteiger partial charge in [-0.15, -0.1) is 0 Å². The van der Waals surface area contributed by atoms with E-state index in [9.17, 15) is 4.79 Å². The number of hydrogen-bond donors (Lipinski definition) is 0. The van der Waals surface area contributed by atoms with Crippen molar-refractivity contribution in [1.29, 1.82) is 0 Å². The van der Waals surface area contributed by atoms with Crippen LogP contribution in [0.25, 0.3) is 10.9 Å². The van der Waals surface area contributed by atoms with Gasteiger partial charge >= 0.3 is 5.97 Å². The van der Waals surface area contributed by atoms with Crippen molar-refractivity contribution in [3.8, 4) is 0 Å². The number of ether oxygens (including phenoxy) is 1. The van der Waals surface area contributed by atoms with E-state index < -0.39 is 0 Å². The molecule has 1 heterocycles. The van der Waals surface area contributed by atoms with Crippen LogP contribution in [-0.4, -0.2) is 22.9 Å². The van der Waals surface area contributed by atoms with Crippen molar-refractivity contribution in [3.63, 3.8) is 0 Å². The van der Waals surface area contributed by atoms with Gasteiger partial charge in [-0.1, -0.05) is 24.6 Å². The number of rotatable bonds is 3.